The van der Waals surface area contributed by atoms with Crippen molar-refractivity contribution in [1.82, 2.24) is 4.98 Å². The van der Waals surface area contributed by atoms with Crippen LogP contribution in [0.3, 0.4) is 0 Å². The zero-order chi connectivity index (χ0) is 24.4. The van der Waals surface area contributed by atoms with Crippen molar-refractivity contribution in [2.75, 3.05) is 4.90 Å². The van der Waals surface area contributed by atoms with Gasteiger partial charge in [0.1, 0.15) is 0 Å². The summed E-state index contributed by atoms with van der Waals surface area (Å²) in [6.45, 7) is 17.3. The number of rotatable bonds is 8. The molecule has 1 heterocycles. The lowest BCUT2D eigenvalue weighted by Gasteiger charge is -2.51. The molecule has 3 heteroatoms. The van der Waals surface area contributed by atoms with Gasteiger partial charge >= 0.3 is 0 Å². The van der Waals surface area contributed by atoms with Crippen LogP contribution in [-0.4, -0.2) is 15.7 Å². The van der Waals surface area contributed by atoms with E-state index < -0.39 is 11.1 Å². The van der Waals surface area contributed by atoms with E-state index in [4.69, 9.17) is 4.98 Å². The van der Waals surface area contributed by atoms with Gasteiger partial charge in [-0.05, 0) is 68.4 Å². The molecule has 0 fully saturated rings. The van der Waals surface area contributed by atoms with E-state index in [9.17, 15) is 5.11 Å². The van der Waals surface area contributed by atoms with Crippen molar-refractivity contribution < 1.29 is 5.11 Å². The maximum atomic E-state index is 11.7. The van der Waals surface area contributed by atoms with E-state index in [0.29, 0.717) is 11.8 Å². The van der Waals surface area contributed by atoms with Crippen LogP contribution in [0.5, 0.6) is 0 Å². The lowest BCUT2D eigenvalue weighted by molar-refractivity contribution is 0.0403. The molecule has 0 aliphatic carbocycles. The highest BCUT2D eigenvalue weighted by molar-refractivity contribution is 5.66. The average molecular weight is 445 g/mol. The molecule has 0 aliphatic heterocycles. The highest BCUT2D eigenvalue weighted by Gasteiger charge is 2.44. The number of aliphatic hydroxyl groups is 1. The molecular formula is C30H40N2O. The predicted molar refractivity (Wildman–Crippen MR) is 140 cm³/mol. The zero-order valence-corrected chi connectivity index (χ0v) is 21.5. The van der Waals surface area contributed by atoms with Crippen molar-refractivity contribution in [2.24, 2.45) is 0 Å². The lowest BCUT2D eigenvalue weighted by Crippen LogP contribution is -2.52. The number of aromatic nitrogens is 1. The molecule has 1 unspecified atom stereocenters. The van der Waals surface area contributed by atoms with Gasteiger partial charge in [0, 0.05) is 11.9 Å². The molecule has 1 N–H and O–H groups in total. The smallest absolute Gasteiger partial charge is 0.0836 e. The quantitative estimate of drug-likeness (QED) is 0.389. The van der Waals surface area contributed by atoms with Gasteiger partial charge in [-0.15, -0.1) is 0 Å². The van der Waals surface area contributed by atoms with Gasteiger partial charge in [-0.25, -0.2) is 0 Å². The van der Waals surface area contributed by atoms with Gasteiger partial charge in [0.15, 0.2) is 0 Å². The number of pyridine rings is 1. The van der Waals surface area contributed by atoms with Gasteiger partial charge in [-0.1, -0.05) is 82.3 Å². The van der Waals surface area contributed by atoms with E-state index >= 15 is 0 Å². The summed E-state index contributed by atoms with van der Waals surface area (Å²) < 4.78 is 0. The number of hydrogen-bond acceptors (Lipinski definition) is 3. The number of para-hydroxylation sites is 1. The Morgan fingerprint density at radius 3 is 1.73 bits per heavy atom. The van der Waals surface area contributed by atoms with Crippen LogP contribution in [0.2, 0.25) is 0 Å². The van der Waals surface area contributed by atoms with Gasteiger partial charge < -0.3 is 10.0 Å². The average Bonchev–Trinajstić information content (AvgIpc) is 2.77. The topological polar surface area (TPSA) is 36.4 Å². The van der Waals surface area contributed by atoms with Crippen LogP contribution in [0.15, 0.2) is 72.9 Å². The summed E-state index contributed by atoms with van der Waals surface area (Å²) in [5.41, 5.74) is 4.34. The number of nitrogens with zero attached hydrogens (tertiary/aromatic N) is 2. The molecule has 3 nitrogen and oxygen atoms in total. The van der Waals surface area contributed by atoms with E-state index in [1.54, 1.807) is 0 Å². The molecule has 0 saturated carbocycles. The van der Waals surface area contributed by atoms with E-state index in [-0.39, 0.29) is 6.04 Å². The molecule has 0 aliphatic rings. The largest absolute Gasteiger partial charge is 0.388 e. The number of hydrogen-bond donors (Lipinski definition) is 1. The Labute approximate surface area is 200 Å². The highest BCUT2D eigenvalue weighted by Crippen LogP contribution is 2.48. The highest BCUT2D eigenvalue weighted by atomic mass is 16.3. The van der Waals surface area contributed by atoms with Crippen molar-refractivity contribution in [3.63, 3.8) is 0 Å². The summed E-state index contributed by atoms with van der Waals surface area (Å²) in [6.07, 6.45) is 1.86. The first kappa shape index (κ1) is 25.0. The van der Waals surface area contributed by atoms with Crippen LogP contribution in [0.25, 0.3) is 0 Å². The van der Waals surface area contributed by atoms with Crippen LogP contribution in [-0.2, 0) is 5.54 Å². The number of benzene rings is 2. The second kappa shape index (κ2) is 9.69. The molecular weight excluding hydrogens is 404 g/mol. The van der Waals surface area contributed by atoms with Crippen molar-refractivity contribution >= 4 is 5.69 Å². The van der Waals surface area contributed by atoms with Gasteiger partial charge in [-0.3, -0.25) is 4.98 Å². The summed E-state index contributed by atoms with van der Waals surface area (Å²) >= 11 is 0. The Kier molecular flexibility index (Phi) is 7.33. The van der Waals surface area contributed by atoms with Gasteiger partial charge in [0.2, 0.25) is 0 Å². The first-order valence-electron chi connectivity index (χ1n) is 12.1. The lowest BCUT2D eigenvalue weighted by atomic mass is 9.81. The minimum Gasteiger partial charge on any atom is -0.388 e. The maximum Gasteiger partial charge on any atom is 0.0836 e. The molecule has 3 rings (SSSR count). The first-order valence-corrected chi connectivity index (χ1v) is 12.1. The van der Waals surface area contributed by atoms with Gasteiger partial charge in [0.25, 0.3) is 0 Å². The van der Waals surface area contributed by atoms with Crippen molar-refractivity contribution in [1.29, 1.82) is 0 Å². The summed E-state index contributed by atoms with van der Waals surface area (Å²) in [6, 6.07) is 22.8. The van der Waals surface area contributed by atoms with Crippen molar-refractivity contribution in [2.45, 2.75) is 84.4 Å². The molecule has 2 aromatic carbocycles. The van der Waals surface area contributed by atoms with Crippen LogP contribution in [0.4, 0.5) is 5.69 Å². The third-order valence-electron chi connectivity index (χ3n) is 6.52. The Morgan fingerprint density at radius 1 is 0.727 bits per heavy atom. The van der Waals surface area contributed by atoms with Crippen molar-refractivity contribution in [3.05, 3.63) is 95.3 Å². The number of anilines is 1. The summed E-state index contributed by atoms with van der Waals surface area (Å²) in [5.74, 6) is 0.665. The van der Waals surface area contributed by atoms with Crippen molar-refractivity contribution in [3.8, 4) is 0 Å². The Hall–Kier alpha value is -2.65. The monoisotopic (exact) mass is 444 g/mol. The van der Waals surface area contributed by atoms with Crippen LogP contribution < -0.4 is 4.90 Å². The zero-order valence-electron chi connectivity index (χ0n) is 21.5. The third kappa shape index (κ3) is 5.14. The summed E-state index contributed by atoms with van der Waals surface area (Å²) in [7, 11) is 0. The van der Waals surface area contributed by atoms with Gasteiger partial charge in [-0.2, -0.15) is 0 Å². The SMILES string of the molecule is CC(C)c1cccc(C(C)C)c1N(C(c1ccccc1)C(C)(C)O)C(C)(C)c1ccccn1. The molecule has 0 radical (unpaired) electrons. The van der Waals surface area contributed by atoms with Gasteiger partial charge in [0.05, 0.1) is 22.9 Å². The Balaban J connectivity index is 2.44. The fourth-order valence-corrected chi connectivity index (χ4v) is 4.88. The maximum absolute atomic E-state index is 11.7. The van der Waals surface area contributed by atoms with E-state index in [1.807, 2.05) is 38.2 Å². The van der Waals surface area contributed by atoms with E-state index in [2.05, 4.69) is 95.0 Å². The van der Waals surface area contributed by atoms with E-state index in [1.165, 1.54) is 16.8 Å². The van der Waals surface area contributed by atoms with Crippen LogP contribution in [0, 0.1) is 0 Å². The fourth-order valence-electron chi connectivity index (χ4n) is 4.88. The molecule has 1 aromatic heterocycles. The second-order valence-electron chi connectivity index (χ2n) is 10.7. The molecule has 3 aromatic rings. The standard InChI is InChI=1S/C30H40N2O/c1-21(2)24-17-14-18-25(22(3)4)27(24)32(29(5,6)26-19-12-13-20-31-26)28(30(7,8)33)23-15-10-9-11-16-23/h9-22,28,33H,1-8H3. The summed E-state index contributed by atoms with van der Waals surface area (Å²) in [5, 5.41) is 11.7. The van der Waals surface area contributed by atoms with Crippen LogP contribution >= 0.6 is 0 Å². The molecule has 1 atom stereocenters. The predicted octanol–water partition coefficient (Wildman–Crippen LogP) is 7.58. The minimum atomic E-state index is -1.01. The normalized spacial score (nSPS) is 13.4. The second-order valence-corrected chi connectivity index (χ2v) is 10.7. The Morgan fingerprint density at radius 2 is 1.27 bits per heavy atom. The molecule has 0 spiro atoms. The first-order chi connectivity index (χ1) is 15.5. The molecule has 0 amide bonds. The minimum absolute atomic E-state index is 0.284. The van der Waals surface area contributed by atoms with Crippen LogP contribution in [0.1, 0.15) is 95.7 Å². The Bertz CT molecular complexity index is 1010. The summed E-state index contributed by atoms with van der Waals surface area (Å²) in [4.78, 5) is 7.22. The fraction of sp³-hybridized carbons (Fsp3) is 0.433. The van der Waals surface area contributed by atoms with E-state index in [0.717, 1.165) is 11.3 Å². The molecule has 33 heavy (non-hydrogen) atoms. The third-order valence-corrected chi connectivity index (χ3v) is 6.52. The molecule has 0 bridgehead atoms. The molecule has 176 valence electrons. The molecule has 0 saturated heterocycles.